The quantitative estimate of drug-likeness (QED) is 0.0471. The minimum Gasteiger partial charge on any atom is -0.461 e. The predicted octanol–water partition coefficient (Wildman–Crippen LogP) is 6.70. The molecule has 0 aromatic heterocycles. The molecule has 7 atom stereocenters. The lowest BCUT2D eigenvalue weighted by Gasteiger charge is -2.35. The second kappa shape index (κ2) is 31.2. The summed E-state index contributed by atoms with van der Waals surface area (Å²) in [5, 5.41) is 0. The van der Waals surface area contributed by atoms with Gasteiger partial charge in [-0.3, -0.25) is 0 Å². The molecule has 17 heteroatoms. The molecule has 0 amide bonds. The Hall–Kier alpha value is -2.03. The molecule has 0 saturated carbocycles. The Morgan fingerprint density at radius 1 is 0.354 bits per heavy atom. The number of hydrogen-bond acceptors (Lipinski definition) is 17. The van der Waals surface area contributed by atoms with Gasteiger partial charge < -0.3 is 66.3 Å². The van der Waals surface area contributed by atoms with E-state index in [4.69, 9.17) is 66.3 Å². The van der Waals surface area contributed by atoms with Gasteiger partial charge in [-0.2, -0.15) is 0 Å². The van der Waals surface area contributed by atoms with Crippen LogP contribution in [0.4, 0.5) is 0 Å². The van der Waals surface area contributed by atoms with Crippen molar-refractivity contribution >= 4 is 17.9 Å². The molecular formula is C48H92O17. The van der Waals surface area contributed by atoms with Crippen LogP contribution >= 0.6 is 0 Å². The van der Waals surface area contributed by atoms with Crippen molar-refractivity contribution in [2.45, 2.75) is 209 Å². The van der Waals surface area contributed by atoms with Crippen LogP contribution in [0.3, 0.4) is 0 Å². The minimum absolute atomic E-state index is 0.00456. The van der Waals surface area contributed by atoms with E-state index in [0.29, 0.717) is 0 Å². The molecule has 7 unspecified atom stereocenters. The van der Waals surface area contributed by atoms with E-state index < -0.39 is 58.4 Å². The fourth-order valence-electron chi connectivity index (χ4n) is 6.45. The van der Waals surface area contributed by atoms with Gasteiger partial charge in [0.2, 0.25) is 0 Å². The molecule has 65 heavy (non-hydrogen) atoms. The maximum Gasteiger partial charge on any atom is 0.337 e. The normalized spacial score (nSPS) is 17.0. The Morgan fingerprint density at radius 2 is 0.585 bits per heavy atom. The molecule has 0 saturated heterocycles. The summed E-state index contributed by atoms with van der Waals surface area (Å²) >= 11 is 0. The third-order valence-electron chi connectivity index (χ3n) is 9.27. The first-order valence-corrected chi connectivity index (χ1v) is 23.3. The van der Waals surface area contributed by atoms with E-state index in [0.717, 1.165) is 0 Å². The highest BCUT2D eigenvalue weighted by Gasteiger charge is 2.38. The molecule has 0 radical (unpaired) electrons. The Labute approximate surface area is 392 Å². The Balaban J connectivity index is 6.12. The summed E-state index contributed by atoms with van der Waals surface area (Å²) < 4.78 is 82.6. The number of ether oxygens (including phenoxy) is 14. The first-order valence-electron chi connectivity index (χ1n) is 23.3. The average Bonchev–Trinajstić information content (AvgIpc) is 3.16. The van der Waals surface area contributed by atoms with Crippen LogP contribution in [0.15, 0.2) is 0 Å². The third kappa shape index (κ3) is 28.8. The van der Waals surface area contributed by atoms with E-state index in [1.807, 2.05) is 69.2 Å². The van der Waals surface area contributed by atoms with Crippen LogP contribution in [0.1, 0.15) is 132 Å². The highest BCUT2D eigenvalue weighted by Crippen LogP contribution is 2.25. The largest absolute Gasteiger partial charge is 0.461 e. The Morgan fingerprint density at radius 3 is 0.800 bits per heavy atom. The zero-order valence-electron chi connectivity index (χ0n) is 44.0. The number of carbonyl (C=O) groups excluding carboxylic acids is 3. The standard InChI is InChI=1S/C48H92O17/c1-32(2)60-36(8)25-57-42(49)45(14,15)63-39(11)22-54-29-48(28-53-21-35(7)52-20,30-55-23-40(12)64-46(16,17)43(50)58-26-37(9)61-33(3)4)31-56-24-41(13)65-47(18,19)44(51)59-27-38(10)62-34(5)6/h32-41H,21-31H2,1-20H3. The third-order valence-corrected chi connectivity index (χ3v) is 9.27. The maximum atomic E-state index is 13.0. The number of rotatable bonds is 38. The van der Waals surface area contributed by atoms with E-state index in [2.05, 4.69) is 0 Å². The van der Waals surface area contributed by atoms with Gasteiger partial charge in [-0.25, -0.2) is 14.4 Å². The van der Waals surface area contributed by atoms with Crippen molar-refractivity contribution in [2.75, 3.05) is 79.8 Å². The number of hydrogen-bond donors (Lipinski definition) is 0. The summed E-state index contributed by atoms with van der Waals surface area (Å²) in [6, 6.07) is 0. The lowest BCUT2D eigenvalue weighted by atomic mass is 9.92. The van der Waals surface area contributed by atoms with Gasteiger partial charge in [0.25, 0.3) is 0 Å². The van der Waals surface area contributed by atoms with Gasteiger partial charge in [0, 0.05) is 7.11 Å². The molecular weight excluding hydrogens is 849 g/mol. The van der Waals surface area contributed by atoms with E-state index in [9.17, 15) is 14.4 Å². The molecule has 0 N–H and O–H groups in total. The van der Waals surface area contributed by atoms with Crippen LogP contribution in [0.2, 0.25) is 0 Å². The van der Waals surface area contributed by atoms with Gasteiger partial charge in [-0.15, -0.1) is 0 Å². The summed E-state index contributed by atoms with van der Waals surface area (Å²) in [6.45, 7) is 35.5. The van der Waals surface area contributed by atoms with Crippen molar-refractivity contribution in [3.63, 3.8) is 0 Å². The van der Waals surface area contributed by atoms with Crippen LogP contribution in [-0.2, 0) is 80.7 Å². The first-order chi connectivity index (χ1) is 30.0. The Bertz CT molecular complexity index is 1160. The fourth-order valence-corrected chi connectivity index (χ4v) is 6.45. The summed E-state index contributed by atoms with van der Waals surface area (Å²) in [4.78, 5) is 39.1. The van der Waals surface area contributed by atoms with Crippen molar-refractivity contribution in [3.05, 3.63) is 0 Å². The van der Waals surface area contributed by atoms with Crippen molar-refractivity contribution < 1.29 is 80.7 Å². The molecule has 0 aromatic rings. The molecule has 17 nitrogen and oxygen atoms in total. The van der Waals surface area contributed by atoms with Crippen molar-refractivity contribution in [2.24, 2.45) is 5.41 Å². The molecule has 0 bridgehead atoms. The van der Waals surface area contributed by atoms with Gasteiger partial charge in [0.05, 0.1) is 119 Å². The first kappa shape index (κ1) is 63.0. The monoisotopic (exact) mass is 941 g/mol. The van der Waals surface area contributed by atoms with Crippen LogP contribution in [0, 0.1) is 5.41 Å². The summed E-state index contributed by atoms with van der Waals surface area (Å²) in [6.07, 6.45) is -2.61. The predicted molar refractivity (Wildman–Crippen MR) is 246 cm³/mol. The lowest BCUT2D eigenvalue weighted by Crippen LogP contribution is -2.46. The van der Waals surface area contributed by atoms with Gasteiger partial charge in [-0.1, -0.05) is 0 Å². The second-order valence-corrected chi connectivity index (χ2v) is 19.7. The van der Waals surface area contributed by atoms with Crippen molar-refractivity contribution in [3.8, 4) is 0 Å². The SMILES string of the molecule is COC(C)COCC(COCC(C)OC(C)(C)C(=O)OCC(C)OC(C)C)(COCC(C)OC(C)(C)C(=O)OCC(C)OC(C)C)COCC(C)OC(C)(C)C(=O)OCC(C)OC(C)C. The van der Waals surface area contributed by atoms with Crippen LogP contribution in [0.5, 0.6) is 0 Å². The minimum atomic E-state index is -1.27. The van der Waals surface area contributed by atoms with Crippen LogP contribution in [0.25, 0.3) is 0 Å². The highest BCUT2D eigenvalue weighted by molar-refractivity contribution is 5.79. The van der Waals surface area contributed by atoms with Crippen molar-refractivity contribution in [1.29, 1.82) is 0 Å². The van der Waals surface area contributed by atoms with Crippen molar-refractivity contribution in [1.82, 2.24) is 0 Å². The lowest BCUT2D eigenvalue weighted by molar-refractivity contribution is -0.188. The molecule has 0 heterocycles. The molecule has 0 fully saturated rings. The number of esters is 3. The zero-order chi connectivity index (χ0) is 50.2. The maximum absolute atomic E-state index is 13.0. The van der Waals surface area contributed by atoms with Gasteiger partial charge in [-0.05, 0) is 132 Å². The topological polar surface area (TPSA) is 180 Å². The fraction of sp³-hybridized carbons (Fsp3) is 0.938. The van der Waals surface area contributed by atoms with E-state index in [-0.39, 0.29) is 115 Å². The molecule has 0 rings (SSSR count). The average molecular weight is 941 g/mol. The Kier molecular flexibility index (Phi) is 30.2. The summed E-state index contributed by atoms with van der Waals surface area (Å²) in [5.74, 6) is -1.57. The van der Waals surface area contributed by atoms with E-state index in [1.165, 1.54) is 0 Å². The molecule has 0 spiro atoms. The number of carbonyl (C=O) groups is 3. The molecule has 386 valence electrons. The summed E-state index contributed by atoms with van der Waals surface area (Å²) in [5.41, 5.74) is -4.71. The van der Waals surface area contributed by atoms with Crippen LogP contribution in [-0.4, -0.2) is 176 Å². The van der Waals surface area contributed by atoms with E-state index in [1.54, 1.807) is 69.4 Å². The zero-order valence-corrected chi connectivity index (χ0v) is 44.0. The van der Waals surface area contributed by atoms with E-state index >= 15 is 0 Å². The molecule has 0 aliphatic heterocycles. The van der Waals surface area contributed by atoms with Gasteiger partial charge in [0.1, 0.15) is 19.8 Å². The van der Waals surface area contributed by atoms with Gasteiger partial charge >= 0.3 is 17.9 Å². The number of methoxy groups -OCH3 is 1. The second-order valence-electron chi connectivity index (χ2n) is 19.7. The smallest absolute Gasteiger partial charge is 0.337 e. The molecule has 0 aliphatic rings. The molecule has 0 aromatic carbocycles. The summed E-state index contributed by atoms with van der Waals surface area (Å²) in [7, 11) is 1.60. The van der Waals surface area contributed by atoms with Gasteiger partial charge in [0.15, 0.2) is 16.8 Å². The van der Waals surface area contributed by atoms with Crippen LogP contribution < -0.4 is 0 Å². The molecule has 0 aliphatic carbocycles. The highest BCUT2D eigenvalue weighted by atomic mass is 16.6.